The van der Waals surface area contributed by atoms with Gasteiger partial charge in [0.2, 0.25) is 0 Å². The smallest absolute Gasteiger partial charge is 0.193 e. The number of imidazole rings is 1. The molecule has 1 saturated heterocycles. The molecule has 10 heteroatoms. The maximum Gasteiger partial charge on any atom is 0.193 e. The highest BCUT2D eigenvalue weighted by atomic mass is 32.1. The Balaban J connectivity index is 1.37. The summed E-state index contributed by atoms with van der Waals surface area (Å²) in [4.78, 5) is 15.6. The van der Waals surface area contributed by atoms with Crippen LogP contribution in [-0.4, -0.2) is 45.5 Å². The van der Waals surface area contributed by atoms with Gasteiger partial charge >= 0.3 is 0 Å². The molecule has 9 nitrogen and oxygen atoms in total. The molecule has 38 heavy (non-hydrogen) atoms. The Kier molecular flexibility index (Phi) is 5.63. The van der Waals surface area contributed by atoms with Gasteiger partial charge < -0.3 is 4.74 Å². The van der Waals surface area contributed by atoms with Crippen LogP contribution in [0.4, 0.5) is 0 Å². The lowest BCUT2D eigenvalue weighted by molar-refractivity contribution is -0.0395. The van der Waals surface area contributed by atoms with Gasteiger partial charge in [-0.1, -0.05) is 30.3 Å². The van der Waals surface area contributed by atoms with E-state index < -0.39 is 0 Å². The topological polar surface area (TPSA) is 88.0 Å². The molecule has 5 aromatic heterocycles. The van der Waals surface area contributed by atoms with Crippen molar-refractivity contribution >= 4 is 17.0 Å². The minimum Gasteiger partial charge on any atom is -0.356 e. The molecule has 0 radical (unpaired) electrons. The lowest BCUT2D eigenvalue weighted by atomic mass is 10.1. The molecule has 1 unspecified atom stereocenters. The molecular weight excluding hydrogens is 496 g/mol. The molecule has 0 saturated carbocycles. The van der Waals surface area contributed by atoms with E-state index in [0.717, 1.165) is 75.3 Å². The van der Waals surface area contributed by atoms with Crippen LogP contribution in [0, 0.1) is 6.92 Å². The largest absolute Gasteiger partial charge is 0.356 e. The maximum absolute atomic E-state index is 5.94. The van der Waals surface area contributed by atoms with E-state index in [2.05, 4.69) is 33.9 Å². The lowest BCUT2D eigenvalue weighted by Crippen LogP contribution is -2.18. The summed E-state index contributed by atoms with van der Waals surface area (Å²) < 4.78 is 11.7. The van der Waals surface area contributed by atoms with Gasteiger partial charge in [-0.25, -0.2) is 19.6 Å². The Hall–Kier alpha value is -4.15. The molecular formula is C28H26N8OS. The second kappa shape index (κ2) is 9.30. The minimum atomic E-state index is -0.0661. The number of hydrogen-bond donors (Lipinski definition) is 0. The van der Waals surface area contributed by atoms with Crippen LogP contribution < -0.4 is 0 Å². The highest BCUT2D eigenvalue weighted by Gasteiger charge is 2.24. The van der Waals surface area contributed by atoms with E-state index in [9.17, 15) is 0 Å². The van der Waals surface area contributed by atoms with Crippen LogP contribution in [0.3, 0.4) is 0 Å². The fourth-order valence-corrected chi connectivity index (χ4v) is 6.07. The first-order valence-electron chi connectivity index (χ1n) is 12.7. The lowest BCUT2D eigenvalue weighted by Gasteiger charge is -2.21. The molecule has 0 bridgehead atoms. The molecule has 6 heterocycles. The van der Waals surface area contributed by atoms with Gasteiger partial charge in [-0.2, -0.15) is 5.10 Å². The summed E-state index contributed by atoms with van der Waals surface area (Å²) in [6, 6.07) is 16.3. The van der Waals surface area contributed by atoms with E-state index in [4.69, 9.17) is 24.8 Å². The number of hydrogen-bond acceptors (Lipinski definition) is 7. The SMILES string of the molecule is Cc1nc2ccc(-c3ccn(C)n3)cn2c1-c1nc(-c2ccccc2)c(-c2ncn(C3CCCCO3)n2)s1. The molecule has 1 aliphatic heterocycles. The average Bonchev–Trinajstić information content (AvgIpc) is 3.74. The number of thiazole rings is 1. The van der Waals surface area contributed by atoms with Gasteiger partial charge in [0.15, 0.2) is 12.1 Å². The number of pyridine rings is 1. The predicted molar refractivity (Wildman–Crippen MR) is 147 cm³/mol. The highest BCUT2D eigenvalue weighted by molar-refractivity contribution is 7.18. The summed E-state index contributed by atoms with van der Waals surface area (Å²) in [5.41, 5.74) is 6.56. The first-order chi connectivity index (χ1) is 18.6. The van der Waals surface area contributed by atoms with E-state index >= 15 is 0 Å². The van der Waals surface area contributed by atoms with Crippen molar-refractivity contribution in [2.45, 2.75) is 32.4 Å². The summed E-state index contributed by atoms with van der Waals surface area (Å²) >= 11 is 1.59. The maximum atomic E-state index is 5.94. The minimum absolute atomic E-state index is 0.0661. The van der Waals surface area contributed by atoms with E-state index in [0.29, 0.717) is 5.82 Å². The van der Waals surface area contributed by atoms with Crippen molar-refractivity contribution in [3.63, 3.8) is 0 Å². The monoisotopic (exact) mass is 522 g/mol. The number of aromatic nitrogens is 8. The van der Waals surface area contributed by atoms with Gasteiger partial charge in [-0.3, -0.25) is 9.08 Å². The quantitative estimate of drug-likeness (QED) is 0.285. The normalized spacial score (nSPS) is 15.9. The van der Waals surface area contributed by atoms with Crippen LogP contribution in [0.25, 0.3) is 49.6 Å². The van der Waals surface area contributed by atoms with E-state index in [1.54, 1.807) is 17.7 Å². The summed E-state index contributed by atoms with van der Waals surface area (Å²) in [7, 11) is 1.92. The molecule has 1 atom stereocenters. The molecule has 190 valence electrons. The molecule has 0 N–H and O–H groups in total. The molecule has 1 aliphatic rings. The third-order valence-corrected chi connectivity index (χ3v) is 7.90. The number of rotatable bonds is 5. The summed E-state index contributed by atoms with van der Waals surface area (Å²) in [5.74, 6) is 0.655. The molecule has 0 aliphatic carbocycles. The van der Waals surface area contributed by atoms with Gasteiger partial charge in [0.1, 0.15) is 27.6 Å². The van der Waals surface area contributed by atoms with Crippen LogP contribution >= 0.6 is 11.3 Å². The fourth-order valence-electron chi connectivity index (χ4n) is 4.96. The van der Waals surface area contributed by atoms with Crippen molar-refractivity contribution in [2.75, 3.05) is 6.61 Å². The van der Waals surface area contributed by atoms with Crippen molar-refractivity contribution in [1.29, 1.82) is 0 Å². The van der Waals surface area contributed by atoms with Gasteiger partial charge in [0.05, 0.1) is 17.1 Å². The Morgan fingerprint density at radius 3 is 2.66 bits per heavy atom. The fraction of sp³-hybridized carbons (Fsp3) is 0.250. The van der Waals surface area contributed by atoms with Gasteiger partial charge in [-0.15, -0.1) is 16.4 Å². The number of nitrogens with zero attached hydrogens (tertiary/aromatic N) is 8. The van der Waals surface area contributed by atoms with Crippen LogP contribution in [0.1, 0.15) is 31.2 Å². The van der Waals surface area contributed by atoms with Crippen LogP contribution in [0.2, 0.25) is 0 Å². The second-order valence-corrected chi connectivity index (χ2v) is 10.5. The number of fused-ring (bicyclic) bond motifs is 1. The number of benzene rings is 1. The summed E-state index contributed by atoms with van der Waals surface area (Å²) in [6.07, 6.45) is 8.92. The van der Waals surface area contributed by atoms with E-state index in [1.165, 1.54) is 0 Å². The Morgan fingerprint density at radius 1 is 0.974 bits per heavy atom. The molecule has 6 aromatic rings. The Labute approximate surface area is 223 Å². The van der Waals surface area contributed by atoms with E-state index in [1.807, 2.05) is 59.9 Å². The first-order valence-corrected chi connectivity index (χ1v) is 13.5. The molecule has 7 rings (SSSR count). The van der Waals surface area contributed by atoms with Gasteiger partial charge in [0, 0.05) is 37.2 Å². The van der Waals surface area contributed by atoms with Crippen molar-refractivity contribution in [2.24, 2.45) is 7.05 Å². The Morgan fingerprint density at radius 2 is 1.87 bits per heavy atom. The number of ether oxygens (including phenoxy) is 1. The van der Waals surface area contributed by atoms with Crippen molar-refractivity contribution in [3.8, 4) is 43.9 Å². The van der Waals surface area contributed by atoms with Gasteiger partial charge in [0.25, 0.3) is 0 Å². The van der Waals surface area contributed by atoms with Gasteiger partial charge in [-0.05, 0) is 44.4 Å². The zero-order valence-electron chi connectivity index (χ0n) is 21.2. The van der Waals surface area contributed by atoms with E-state index in [-0.39, 0.29) is 6.23 Å². The van der Waals surface area contributed by atoms with Crippen LogP contribution in [-0.2, 0) is 11.8 Å². The molecule has 1 aromatic carbocycles. The average molecular weight is 523 g/mol. The van der Waals surface area contributed by atoms with Crippen LogP contribution in [0.15, 0.2) is 67.3 Å². The molecule has 1 fully saturated rings. The Bertz CT molecular complexity index is 1740. The first kappa shape index (κ1) is 23.0. The molecule has 0 amide bonds. The predicted octanol–water partition coefficient (Wildman–Crippen LogP) is 5.79. The standard InChI is InChI=1S/C28H26N8OS/c1-18-25(35-16-20(11-12-22(35)30-18)21-13-14-34(2)32-21)28-31-24(19-8-4-3-5-9-19)26(38-28)27-29-17-36(33-27)23-10-6-7-15-37-23/h3-5,8-9,11-14,16-17,23H,6-7,10,15H2,1-2H3. The third kappa shape index (κ3) is 4.02. The molecule has 0 spiro atoms. The van der Waals surface area contributed by atoms with Crippen molar-refractivity contribution < 1.29 is 4.74 Å². The van der Waals surface area contributed by atoms with Crippen molar-refractivity contribution in [1.82, 2.24) is 38.9 Å². The van der Waals surface area contributed by atoms with Crippen LogP contribution in [0.5, 0.6) is 0 Å². The zero-order chi connectivity index (χ0) is 25.6. The summed E-state index contributed by atoms with van der Waals surface area (Å²) in [6.45, 7) is 2.79. The third-order valence-electron chi connectivity index (χ3n) is 6.84. The summed E-state index contributed by atoms with van der Waals surface area (Å²) in [5, 5.41) is 10.3. The highest BCUT2D eigenvalue weighted by Crippen LogP contribution is 2.41. The number of aryl methyl sites for hydroxylation is 2. The van der Waals surface area contributed by atoms with Crippen molar-refractivity contribution in [3.05, 3.63) is 72.9 Å². The zero-order valence-corrected chi connectivity index (χ0v) is 22.0. The second-order valence-electron chi connectivity index (χ2n) is 9.50.